The number of thiophene rings is 1. The number of halogens is 1. The second kappa shape index (κ2) is 5.50. The summed E-state index contributed by atoms with van der Waals surface area (Å²) in [6, 6.07) is 4.49. The molecule has 0 spiro atoms. The van der Waals surface area contributed by atoms with E-state index in [-0.39, 0.29) is 0 Å². The van der Waals surface area contributed by atoms with Crippen molar-refractivity contribution < 1.29 is 0 Å². The zero-order valence-electron chi connectivity index (χ0n) is 9.66. The van der Waals surface area contributed by atoms with Crippen LogP contribution in [0.4, 0.5) is 0 Å². The maximum absolute atomic E-state index is 6.08. The molecule has 0 amide bonds. The zero-order chi connectivity index (χ0) is 11.5. The summed E-state index contributed by atoms with van der Waals surface area (Å²) in [7, 11) is 2.17. The monoisotopic (exact) mass is 258 g/mol. The van der Waals surface area contributed by atoms with Crippen LogP contribution in [0.25, 0.3) is 0 Å². The minimum absolute atomic E-state index is 0.411. The summed E-state index contributed by atoms with van der Waals surface area (Å²) in [6.07, 6.45) is 3.78. The molecule has 1 aromatic rings. The van der Waals surface area contributed by atoms with Crippen LogP contribution in [0.1, 0.15) is 24.1 Å². The number of hydrogen-bond donors (Lipinski definition) is 1. The molecule has 2 rings (SSSR count). The topological polar surface area (TPSA) is 29.3 Å². The summed E-state index contributed by atoms with van der Waals surface area (Å²) in [4.78, 5) is 3.69. The van der Waals surface area contributed by atoms with E-state index in [0.717, 1.165) is 17.4 Å². The van der Waals surface area contributed by atoms with Crippen molar-refractivity contribution in [3.8, 4) is 0 Å². The molecule has 0 aromatic carbocycles. The molecule has 4 heteroatoms. The van der Waals surface area contributed by atoms with Gasteiger partial charge in [-0.15, -0.1) is 11.3 Å². The largest absolute Gasteiger partial charge is 0.327 e. The van der Waals surface area contributed by atoms with Gasteiger partial charge in [-0.25, -0.2) is 0 Å². The van der Waals surface area contributed by atoms with Crippen LogP contribution in [0.15, 0.2) is 12.1 Å². The highest BCUT2D eigenvalue weighted by molar-refractivity contribution is 7.16. The van der Waals surface area contributed by atoms with E-state index in [1.807, 2.05) is 6.07 Å². The molecule has 1 aromatic heterocycles. The maximum atomic E-state index is 6.08. The van der Waals surface area contributed by atoms with Gasteiger partial charge in [-0.05, 0) is 37.9 Å². The third-order valence-electron chi connectivity index (χ3n) is 3.32. The van der Waals surface area contributed by atoms with Crippen LogP contribution in [0.3, 0.4) is 0 Å². The quantitative estimate of drug-likeness (QED) is 0.900. The molecule has 2 N–H and O–H groups in total. The van der Waals surface area contributed by atoms with Gasteiger partial charge >= 0.3 is 0 Å². The smallest absolute Gasteiger partial charge is 0.0931 e. The Labute approximate surface area is 106 Å². The summed E-state index contributed by atoms with van der Waals surface area (Å²) < 4.78 is 0.876. The predicted molar refractivity (Wildman–Crippen MR) is 71.0 cm³/mol. The maximum Gasteiger partial charge on any atom is 0.0931 e. The SMILES string of the molecule is CN(Cc1ccc(Cl)s1)CC1CCCC1N. The van der Waals surface area contributed by atoms with Crippen molar-refractivity contribution in [2.75, 3.05) is 13.6 Å². The van der Waals surface area contributed by atoms with Gasteiger partial charge in [0.05, 0.1) is 4.34 Å². The van der Waals surface area contributed by atoms with Crippen LogP contribution in [0, 0.1) is 5.92 Å². The second-order valence-electron chi connectivity index (χ2n) is 4.76. The fourth-order valence-electron chi connectivity index (χ4n) is 2.46. The van der Waals surface area contributed by atoms with Crippen molar-refractivity contribution in [3.05, 3.63) is 21.3 Å². The molecule has 0 aliphatic heterocycles. The Bertz CT molecular complexity index is 340. The Morgan fingerprint density at radius 3 is 2.88 bits per heavy atom. The molecule has 16 heavy (non-hydrogen) atoms. The predicted octanol–water partition coefficient (Wildman–Crippen LogP) is 2.96. The minimum Gasteiger partial charge on any atom is -0.327 e. The standard InChI is InChI=1S/C12H19ClN2S/c1-15(7-9-3-2-4-11(9)14)8-10-5-6-12(13)16-10/h5-6,9,11H,2-4,7-8,14H2,1H3. The number of nitrogens with two attached hydrogens (primary N) is 1. The average Bonchev–Trinajstić information content (AvgIpc) is 2.77. The van der Waals surface area contributed by atoms with E-state index in [1.165, 1.54) is 24.1 Å². The average molecular weight is 259 g/mol. The van der Waals surface area contributed by atoms with Crippen LogP contribution in [-0.2, 0) is 6.54 Å². The lowest BCUT2D eigenvalue weighted by Gasteiger charge is -2.23. The van der Waals surface area contributed by atoms with E-state index in [9.17, 15) is 0 Å². The van der Waals surface area contributed by atoms with Crippen LogP contribution < -0.4 is 5.73 Å². The van der Waals surface area contributed by atoms with Crippen molar-refractivity contribution >= 4 is 22.9 Å². The highest BCUT2D eigenvalue weighted by Gasteiger charge is 2.24. The van der Waals surface area contributed by atoms with Gasteiger partial charge < -0.3 is 10.6 Å². The molecule has 1 aliphatic carbocycles. The zero-order valence-corrected chi connectivity index (χ0v) is 11.2. The molecule has 1 saturated carbocycles. The fraction of sp³-hybridized carbons (Fsp3) is 0.667. The molecule has 0 radical (unpaired) electrons. The van der Waals surface area contributed by atoms with E-state index < -0.39 is 0 Å². The van der Waals surface area contributed by atoms with Gasteiger partial charge in [0.1, 0.15) is 0 Å². The second-order valence-corrected chi connectivity index (χ2v) is 6.56. The van der Waals surface area contributed by atoms with E-state index in [1.54, 1.807) is 11.3 Å². The molecule has 2 atom stereocenters. The summed E-state index contributed by atoms with van der Waals surface area (Å²) in [6.45, 7) is 2.09. The van der Waals surface area contributed by atoms with Crippen molar-refractivity contribution in [2.45, 2.75) is 31.8 Å². The molecule has 2 nitrogen and oxygen atoms in total. The van der Waals surface area contributed by atoms with Crippen molar-refractivity contribution in [1.82, 2.24) is 4.90 Å². The minimum atomic E-state index is 0.411. The molecule has 0 saturated heterocycles. The van der Waals surface area contributed by atoms with E-state index >= 15 is 0 Å². The summed E-state index contributed by atoms with van der Waals surface area (Å²) in [5.74, 6) is 0.681. The number of rotatable bonds is 4. The van der Waals surface area contributed by atoms with Gasteiger partial charge in [0.25, 0.3) is 0 Å². The Morgan fingerprint density at radius 2 is 2.31 bits per heavy atom. The molecule has 0 bridgehead atoms. The lowest BCUT2D eigenvalue weighted by atomic mass is 10.0. The summed E-state index contributed by atoms with van der Waals surface area (Å²) >= 11 is 7.58. The van der Waals surface area contributed by atoms with E-state index in [2.05, 4.69) is 18.0 Å². The summed E-state index contributed by atoms with van der Waals surface area (Å²) in [5.41, 5.74) is 6.08. The first kappa shape index (κ1) is 12.4. The first-order chi connectivity index (χ1) is 7.65. The summed E-state index contributed by atoms with van der Waals surface area (Å²) in [5, 5.41) is 0. The van der Waals surface area contributed by atoms with Crippen molar-refractivity contribution in [3.63, 3.8) is 0 Å². The molecular formula is C12H19ClN2S. The third kappa shape index (κ3) is 3.20. The first-order valence-electron chi connectivity index (χ1n) is 5.83. The van der Waals surface area contributed by atoms with Crippen LogP contribution >= 0.6 is 22.9 Å². The van der Waals surface area contributed by atoms with Gasteiger partial charge in [-0.3, -0.25) is 0 Å². The molecule has 2 unspecified atom stereocenters. The molecule has 1 aliphatic rings. The normalized spacial score (nSPS) is 25.5. The van der Waals surface area contributed by atoms with Gasteiger partial charge in [0.15, 0.2) is 0 Å². The van der Waals surface area contributed by atoms with Crippen LogP contribution in [-0.4, -0.2) is 24.5 Å². The van der Waals surface area contributed by atoms with Gasteiger partial charge in [-0.1, -0.05) is 18.0 Å². The molecule has 90 valence electrons. The fourth-order valence-corrected chi connectivity index (χ4v) is 3.63. The number of nitrogens with zero attached hydrogens (tertiary/aromatic N) is 1. The van der Waals surface area contributed by atoms with Crippen LogP contribution in [0.5, 0.6) is 0 Å². The van der Waals surface area contributed by atoms with Crippen molar-refractivity contribution in [2.24, 2.45) is 11.7 Å². The van der Waals surface area contributed by atoms with Gasteiger partial charge in [-0.2, -0.15) is 0 Å². The van der Waals surface area contributed by atoms with Gasteiger partial charge in [0, 0.05) is 24.0 Å². The lowest BCUT2D eigenvalue weighted by molar-refractivity contribution is 0.261. The van der Waals surface area contributed by atoms with Gasteiger partial charge in [0.2, 0.25) is 0 Å². The number of hydrogen-bond acceptors (Lipinski definition) is 3. The highest BCUT2D eigenvalue weighted by atomic mass is 35.5. The van der Waals surface area contributed by atoms with E-state index in [4.69, 9.17) is 17.3 Å². The van der Waals surface area contributed by atoms with Crippen LogP contribution in [0.2, 0.25) is 4.34 Å². The Morgan fingerprint density at radius 1 is 1.50 bits per heavy atom. The van der Waals surface area contributed by atoms with Crippen molar-refractivity contribution in [1.29, 1.82) is 0 Å². The molecule has 1 fully saturated rings. The third-order valence-corrected chi connectivity index (χ3v) is 4.53. The Balaban J connectivity index is 1.82. The Hall–Kier alpha value is -0.0900. The van der Waals surface area contributed by atoms with E-state index in [0.29, 0.717) is 12.0 Å². The Kier molecular flexibility index (Phi) is 4.25. The first-order valence-corrected chi connectivity index (χ1v) is 7.03. The molecular weight excluding hydrogens is 240 g/mol. The lowest BCUT2D eigenvalue weighted by Crippen LogP contribution is -2.33. The molecule has 1 heterocycles. The highest BCUT2D eigenvalue weighted by Crippen LogP contribution is 2.26.